The molecule has 3 heteroatoms. The maximum Gasteiger partial charge on any atom is 0.227 e. The largest absolute Gasteiger partial charge is 0.314 e. The highest BCUT2D eigenvalue weighted by Gasteiger charge is 2.22. The van der Waals surface area contributed by atoms with Gasteiger partial charge in [-0.05, 0) is 11.6 Å². The van der Waals surface area contributed by atoms with Crippen molar-refractivity contribution >= 4 is 11.6 Å². The van der Waals surface area contributed by atoms with Gasteiger partial charge in [-0.3, -0.25) is 9.78 Å². The van der Waals surface area contributed by atoms with Crippen molar-refractivity contribution in [3.05, 3.63) is 48.3 Å². The van der Waals surface area contributed by atoms with Crippen LogP contribution < -0.4 is 4.90 Å². The summed E-state index contributed by atoms with van der Waals surface area (Å²) in [5.41, 5.74) is 4.12. The molecule has 1 aromatic carbocycles. The molecule has 0 saturated heterocycles. The van der Waals surface area contributed by atoms with Gasteiger partial charge in [0.25, 0.3) is 0 Å². The van der Waals surface area contributed by atoms with Gasteiger partial charge in [0.15, 0.2) is 0 Å². The molecule has 0 unspecified atom stereocenters. The van der Waals surface area contributed by atoms with E-state index in [2.05, 4.69) is 11.1 Å². The molecule has 90 valence electrons. The number of nitrogens with zero attached hydrogens (tertiary/aromatic N) is 2. The summed E-state index contributed by atoms with van der Waals surface area (Å²) >= 11 is 0. The van der Waals surface area contributed by atoms with Gasteiger partial charge >= 0.3 is 0 Å². The first-order valence-electron chi connectivity index (χ1n) is 6.06. The van der Waals surface area contributed by atoms with E-state index in [-0.39, 0.29) is 5.91 Å². The number of amides is 1. The summed E-state index contributed by atoms with van der Waals surface area (Å²) in [4.78, 5) is 17.9. The fourth-order valence-electron chi connectivity index (χ4n) is 2.28. The van der Waals surface area contributed by atoms with Gasteiger partial charge < -0.3 is 4.90 Å². The highest BCUT2D eigenvalue weighted by molar-refractivity contribution is 5.96. The molecule has 3 nitrogen and oxygen atoms in total. The average molecular weight is 238 g/mol. The van der Waals surface area contributed by atoms with Crippen molar-refractivity contribution in [2.45, 2.75) is 12.8 Å². The lowest BCUT2D eigenvalue weighted by molar-refractivity contribution is -0.118. The molecule has 1 amide bonds. The molecule has 2 heterocycles. The number of aromatic nitrogens is 1. The molecule has 18 heavy (non-hydrogen) atoms. The third kappa shape index (κ3) is 1.78. The van der Waals surface area contributed by atoms with Crippen LogP contribution >= 0.6 is 0 Å². The molecule has 0 spiro atoms. The first kappa shape index (κ1) is 11.0. The molecule has 0 atom stereocenters. The minimum atomic E-state index is 0.162. The Labute approximate surface area is 106 Å². The standard InChI is InChI=1S/C15H14N2O/c1-17-14-9-12(11-5-3-2-4-6-11)10-16-13(14)7-8-15(17)18/h2-6,9-10H,7-8H2,1H3. The van der Waals surface area contributed by atoms with Crippen LogP contribution in [-0.2, 0) is 11.2 Å². The number of hydrogen-bond donors (Lipinski definition) is 0. The van der Waals surface area contributed by atoms with Gasteiger partial charge in [0, 0.05) is 31.6 Å². The third-order valence-corrected chi connectivity index (χ3v) is 3.37. The van der Waals surface area contributed by atoms with Crippen LogP contribution in [0.3, 0.4) is 0 Å². The zero-order valence-corrected chi connectivity index (χ0v) is 10.3. The number of benzene rings is 1. The molecule has 1 aromatic heterocycles. The van der Waals surface area contributed by atoms with Crippen molar-refractivity contribution < 1.29 is 4.79 Å². The van der Waals surface area contributed by atoms with Gasteiger partial charge in [0.1, 0.15) is 0 Å². The van der Waals surface area contributed by atoms with Crippen molar-refractivity contribution in [3.8, 4) is 11.1 Å². The molecule has 2 aromatic rings. The fourth-order valence-corrected chi connectivity index (χ4v) is 2.28. The number of fused-ring (bicyclic) bond motifs is 1. The molecule has 1 aliphatic rings. The molecule has 0 fully saturated rings. The molecule has 0 saturated carbocycles. The van der Waals surface area contributed by atoms with Crippen molar-refractivity contribution in [1.82, 2.24) is 4.98 Å². The van der Waals surface area contributed by atoms with Gasteiger partial charge in [-0.15, -0.1) is 0 Å². The highest BCUT2D eigenvalue weighted by Crippen LogP contribution is 2.29. The Kier molecular flexibility index (Phi) is 2.59. The van der Waals surface area contributed by atoms with Gasteiger partial charge in [-0.25, -0.2) is 0 Å². The van der Waals surface area contributed by atoms with E-state index >= 15 is 0 Å². The maximum absolute atomic E-state index is 11.7. The number of rotatable bonds is 1. The number of carbonyl (C=O) groups excluding carboxylic acids is 1. The molecule has 3 rings (SSSR count). The quantitative estimate of drug-likeness (QED) is 0.765. The monoisotopic (exact) mass is 238 g/mol. The minimum absolute atomic E-state index is 0.162. The van der Waals surface area contributed by atoms with Crippen LogP contribution in [0.15, 0.2) is 42.6 Å². The number of hydrogen-bond acceptors (Lipinski definition) is 2. The third-order valence-electron chi connectivity index (χ3n) is 3.37. The summed E-state index contributed by atoms with van der Waals surface area (Å²) in [5, 5.41) is 0. The number of pyridine rings is 1. The molecule has 0 N–H and O–H groups in total. The van der Waals surface area contributed by atoms with E-state index in [0.717, 1.165) is 28.9 Å². The lowest BCUT2D eigenvalue weighted by atomic mass is 10.0. The minimum Gasteiger partial charge on any atom is -0.314 e. The van der Waals surface area contributed by atoms with Crippen LogP contribution in [0.5, 0.6) is 0 Å². The Bertz CT molecular complexity index is 593. The number of carbonyl (C=O) groups is 1. The number of aryl methyl sites for hydroxylation is 1. The summed E-state index contributed by atoms with van der Waals surface area (Å²) in [6.45, 7) is 0. The lowest BCUT2D eigenvalue weighted by Gasteiger charge is -2.25. The zero-order valence-electron chi connectivity index (χ0n) is 10.3. The van der Waals surface area contributed by atoms with Gasteiger partial charge in [-0.2, -0.15) is 0 Å². The Balaban J connectivity index is 2.08. The maximum atomic E-state index is 11.7. The average Bonchev–Trinajstić information content (AvgIpc) is 2.44. The van der Waals surface area contributed by atoms with Crippen LogP contribution in [0.25, 0.3) is 11.1 Å². The van der Waals surface area contributed by atoms with E-state index < -0.39 is 0 Å². The smallest absolute Gasteiger partial charge is 0.227 e. The molecule has 0 aliphatic carbocycles. The zero-order chi connectivity index (χ0) is 12.5. The van der Waals surface area contributed by atoms with Crippen LogP contribution in [0.2, 0.25) is 0 Å². The van der Waals surface area contributed by atoms with E-state index in [1.807, 2.05) is 43.6 Å². The summed E-state index contributed by atoms with van der Waals surface area (Å²) in [6, 6.07) is 12.1. The van der Waals surface area contributed by atoms with Crippen molar-refractivity contribution in [2.24, 2.45) is 0 Å². The predicted octanol–water partition coefficient (Wildman–Crippen LogP) is 2.66. The van der Waals surface area contributed by atoms with Crippen LogP contribution in [-0.4, -0.2) is 17.9 Å². The van der Waals surface area contributed by atoms with Crippen molar-refractivity contribution in [3.63, 3.8) is 0 Å². The topological polar surface area (TPSA) is 33.2 Å². The van der Waals surface area contributed by atoms with E-state index in [1.165, 1.54) is 0 Å². The first-order chi connectivity index (χ1) is 8.75. The van der Waals surface area contributed by atoms with Crippen molar-refractivity contribution in [2.75, 3.05) is 11.9 Å². The summed E-state index contributed by atoms with van der Waals surface area (Å²) < 4.78 is 0. The molecule has 0 radical (unpaired) electrons. The van der Waals surface area contributed by atoms with Gasteiger partial charge in [0.2, 0.25) is 5.91 Å². The summed E-state index contributed by atoms with van der Waals surface area (Å²) in [5.74, 6) is 0.162. The molecule has 0 bridgehead atoms. The number of anilines is 1. The van der Waals surface area contributed by atoms with Crippen LogP contribution in [0.1, 0.15) is 12.1 Å². The second kappa shape index (κ2) is 4.26. The first-order valence-corrected chi connectivity index (χ1v) is 6.06. The second-order valence-electron chi connectivity index (χ2n) is 4.51. The van der Waals surface area contributed by atoms with Crippen molar-refractivity contribution in [1.29, 1.82) is 0 Å². The van der Waals surface area contributed by atoms with E-state index in [1.54, 1.807) is 4.90 Å². The Hall–Kier alpha value is -2.16. The summed E-state index contributed by atoms with van der Waals surface area (Å²) in [7, 11) is 1.82. The van der Waals surface area contributed by atoms with Gasteiger partial charge in [0.05, 0.1) is 11.4 Å². The lowest BCUT2D eigenvalue weighted by Crippen LogP contribution is -2.31. The fraction of sp³-hybridized carbons (Fsp3) is 0.200. The van der Waals surface area contributed by atoms with E-state index in [4.69, 9.17) is 0 Å². The Morgan fingerprint density at radius 1 is 1.11 bits per heavy atom. The Morgan fingerprint density at radius 3 is 2.67 bits per heavy atom. The van der Waals surface area contributed by atoms with E-state index in [0.29, 0.717) is 6.42 Å². The normalized spacial score (nSPS) is 14.5. The SMILES string of the molecule is CN1C(=O)CCc2ncc(-c3ccccc3)cc21. The predicted molar refractivity (Wildman–Crippen MR) is 71.4 cm³/mol. The Morgan fingerprint density at radius 2 is 1.89 bits per heavy atom. The van der Waals surface area contributed by atoms with Gasteiger partial charge in [-0.1, -0.05) is 30.3 Å². The second-order valence-corrected chi connectivity index (χ2v) is 4.51. The highest BCUT2D eigenvalue weighted by atomic mass is 16.2. The molecule has 1 aliphatic heterocycles. The van der Waals surface area contributed by atoms with E-state index in [9.17, 15) is 4.79 Å². The van der Waals surface area contributed by atoms with Crippen LogP contribution in [0, 0.1) is 0 Å². The molecular weight excluding hydrogens is 224 g/mol. The van der Waals surface area contributed by atoms with Crippen LogP contribution in [0.4, 0.5) is 5.69 Å². The summed E-state index contributed by atoms with van der Waals surface area (Å²) in [6.07, 6.45) is 3.19. The molecular formula is C15H14N2O.